The van der Waals surface area contributed by atoms with E-state index in [0.29, 0.717) is 24.5 Å². The molecule has 4 rings (SSSR count). The zero-order valence-electron chi connectivity index (χ0n) is 14.8. The fraction of sp³-hybridized carbons (Fsp3) is 0.474. The van der Waals surface area contributed by atoms with E-state index in [4.69, 9.17) is 4.42 Å². The number of aromatic nitrogens is 2. The fourth-order valence-corrected chi connectivity index (χ4v) is 4.03. The molecular weight excluding hydrogens is 332 g/mol. The summed E-state index contributed by atoms with van der Waals surface area (Å²) in [4.78, 5) is 34.7. The molecule has 2 amide bonds. The first-order chi connectivity index (χ1) is 12.6. The Kier molecular flexibility index (Phi) is 4.22. The highest BCUT2D eigenvalue weighted by atomic mass is 16.3. The normalized spacial score (nSPS) is 21.3. The van der Waals surface area contributed by atoms with Gasteiger partial charge in [0.15, 0.2) is 5.76 Å². The lowest BCUT2D eigenvalue weighted by atomic mass is 9.59. The Bertz CT molecular complexity index is 809. The molecule has 1 saturated heterocycles. The molecule has 26 heavy (non-hydrogen) atoms. The van der Waals surface area contributed by atoms with Crippen LogP contribution in [0.15, 0.2) is 35.1 Å². The van der Waals surface area contributed by atoms with Crippen molar-refractivity contribution in [3.05, 3.63) is 47.9 Å². The van der Waals surface area contributed by atoms with Gasteiger partial charge in [0.2, 0.25) is 0 Å². The molecule has 2 aromatic heterocycles. The summed E-state index contributed by atoms with van der Waals surface area (Å²) in [5, 5.41) is 3.11. The SMILES string of the molecule is Cc1ccc(C(=O)N2CCC3(CC[C@@H]3NC(=O)c3cnccn3)CC2)o1. The highest BCUT2D eigenvalue weighted by molar-refractivity contribution is 5.92. The van der Waals surface area contributed by atoms with Crippen molar-refractivity contribution in [2.75, 3.05) is 13.1 Å². The van der Waals surface area contributed by atoms with Crippen LogP contribution >= 0.6 is 0 Å². The monoisotopic (exact) mass is 354 g/mol. The molecule has 1 atom stereocenters. The van der Waals surface area contributed by atoms with Gasteiger partial charge in [0, 0.05) is 31.5 Å². The number of likely N-dealkylation sites (tertiary alicyclic amines) is 1. The van der Waals surface area contributed by atoms with Gasteiger partial charge in [-0.15, -0.1) is 0 Å². The molecule has 7 nitrogen and oxygen atoms in total. The Labute approximate surface area is 151 Å². The third-order valence-electron chi connectivity index (χ3n) is 5.77. The predicted octanol–water partition coefficient (Wildman–Crippen LogP) is 2.19. The van der Waals surface area contributed by atoms with E-state index in [1.54, 1.807) is 12.3 Å². The van der Waals surface area contributed by atoms with Gasteiger partial charge in [0.05, 0.1) is 6.20 Å². The molecule has 1 saturated carbocycles. The highest BCUT2D eigenvalue weighted by Gasteiger charge is 2.49. The number of nitrogens with zero attached hydrogens (tertiary/aromatic N) is 3. The van der Waals surface area contributed by atoms with Gasteiger partial charge in [-0.05, 0) is 50.2 Å². The topological polar surface area (TPSA) is 88.3 Å². The fourth-order valence-electron chi connectivity index (χ4n) is 4.03. The predicted molar refractivity (Wildman–Crippen MR) is 93.5 cm³/mol. The summed E-state index contributed by atoms with van der Waals surface area (Å²) in [6, 6.07) is 3.68. The van der Waals surface area contributed by atoms with Crippen LogP contribution in [0.2, 0.25) is 0 Å². The maximum absolute atomic E-state index is 12.5. The van der Waals surface area contributed by atoms with Crippen molar-refractivity contribution in [3.8, 4) is 0 Å². The van der Waals surface area contributed by atoms with Crippen LogP contribution in [0.4, 0.5) is 0 Å². The smallest absolute Gasteiger partial charge is 0.289 e. The Morgan fingerprint density at radius 3 is 2.62 bits per heavy atom. The van der Waals surface area contributed by atoms with E-state index in [1.165, 1.54) is 12.4 Å². The number of carbonyl (C=O) groups excluding carboxylic acids is 2. The average molecular weight is 354 g/mol. The molecule has 0 unspecified atom stereocenters. The van der Waals surface area contributed by atoms with Crippen LogP contribution in [0, 0.1) is 12.3 Å². The molecule has 136 valence electrons. The largest absolute Gasteiger partial charge is 0.456 e. The first-order valence-corrected chi connectivity index (χ1v) is 9.00. The van der Waals surface area contributed by atoms with Crippen LogP contribution in [0.5, 0.6) is 0 Å². The molecule has 2 aliphatic rings. The van der Waals surface area contributed by atoms with Crippen molar-refractivity contribution in [1.29, 1.82) is 0 Å². The third kappa shape index (κ3) is 2.98. The molecule has 2 aromatic rings. The van der Waals surface area contributed by atoms with Crippen LogP contribution in [-0.2, 0) is 0 Å². The maximum Gasteiger partial charge on any atom is 0.289 e. The highest BCUT2D eigenvalue weighted by Crippen LogP contribution is 2.49. The second-order valence-electron chi connectivity index (χ2n) is 7.22. The van der Waals surface area contributed by atoms with Gasteiger partial charge < -0.3 is 14.6 Å². The van der Waals surface area contributed by atoms with E-state index in [2.05, 4.69) is 15.3 Å². The van der Waals surface area contributed by atoms with E-state index >= 15 is 0 Å². The second-order valence-corrected chi connectivity index (χ2v) is 7.22. The number of aryl methyl sites for hydroxylation is 1. The number of furan rings is 1. The summed E-state index contributed by atoms with van der Waals surface area (Å²) in [5.41, 5.74) is 0.434. The summed E-state index contributed by atoms with van der Waals surface area (Å²) in [7, 11) is 0. The Morgan fingerprint density at radius 2 is 2.04 bits per heavy atom. The average Bonchev–Trinajstić information content (AvgIpc) is 3.11. The molecule has 1 aliphatic carbocycles. The molecule has 3 heterocycles. The van der Waals surface area contributed by atoms with Gasteiger partial charge in [-0.2, -0.15) is 0 Å². The van der Waals surface area contributed by atoms with Crippen molar-refractivity contribution in [1.82, 2.24) is 20.2 Å². The van der Waals surface area contributed by atoms with E-state index in [-0.39, 0.29) is 23.3 Å². The first-order valence-electron chi connectivity index (χ1n) is 9.00. The van der Waals surface area contributed by atoms with Gasteiger partial charge in [-0.1, -0.05) is 0 Å². The molecule has 7 heteroatoms. The van der Waals surface area contributed by atoms with Gasteiger partial charge in [0.25, 0.3) is 11.8 Å². The zero-order chi connectivity index (χ0) is 18.1. The maximum atomic E-state index is 12.5. The third-order valence-corrected chi connectivity index (χ3v) is 5.77. The number of rotatable bonds is 3. The van der Waals surface area contributed by atoms with E-state index < -0.39 is 0 Å². The van der Waals surface area contributed by atoms with Crippen molar-refractivity contribution in [2.45, 2.75) is 38.6 Å². The number of hydrogen-bond donors (Lipinski definition) is 1. The molecule has 0 bridgehead atoms. The summed E-state index contributed by atoms with van der Waals surface area (Å²) in [6.07, 6.45) is 8.39. The summed E-state index contributed by atoms with van der Waals surface area (Å²) in [6.45, 7) is 3.22. The lowest BCUT2D eigenvalue weighted by molar-refractivity contribution is -0.00327. The number of carbonyl (C=O) groups is 2. The molecule has 1 aliphatic heterocycles. The van der Waals surface area contributed by atoms with E-state index in [1.807, 2.05) is 17.9 Å². The van der Waals surface area contributed by atoms with Gasteiger partial charge in [0.1, 0.15) is 11.5 Å². The Morgan fingerprint density at radius 1 is 1.23 bits per heavy atom. The van der Waals surface area contributed by atoms with Crippen LogP contribution in [0.25, 0.3) is 0 Å². The van der Waals surface area contributed by atoms with E-state index in [9.17, 15) is 9.59 Å². The minimum atomic E-state index is -0.174. The standard InChI is InChI=1S/C19H22N4O3/c1-13-2-3-15(26-13)18(25)23-10-6-19(7-11-23)5-4-16(19)22-17(24)14-12-20-8-9-21-14/h2-3,8-9,12,16H,4-7,10-11H2,1H3,(H,22,24)/t16-/m0/s1. The molecule has 1 spiro atoms. The first kappa shape index (κ1) is 16.8. The van der Waals surface area contributed by atoms with Gasteiger partial charge >= 0.3 is 0 Å². The van der Waals surface area contributed by atoms with Gasteiger partial charge in [-0.25, -0.2) is 4.98 Å². The van der Waals surface area contributed by atoms with Gasteiger partial charge in [-0.3, -0.25) is 14.6 Å². The molecule has 2 fully saturated rings. The summed E-state index contributed by atoms with van der Waals surface area (Å²) < 4.78 is 5.45. The number of amides is 2. The lowest BCUT2D eigenvalue weighted by Crippen LogP contribution is -2.59. The number of nitrogens with one attached hydrogen (secondary N) is 1. The summed E-state index contributed by atoms with van der Waals surface area (Å²) in [5.74, 6) is 0.923. The summed E-state index contributed by atoms with van der Waals surface area (Å²) >= 11 is 0. The van der Waals surface area contributed by atoms with Crippen LogP contribution < -0.4 is 5.32 Å². The van der Waals surface area contributed by atoms with Crippen molar-refractivity contribution >= 4 is 11.8 Å². The van der Waals surface area contributed by atoms with Crippen molar-refractivity contribution in [3.63, 3.8) is 0 Å². The molecular formula is C19H22N4O3. The Hall–Kier alpha value is -2.70. The second kappa shape index (κ2) is 6.55. The lowest BCUT2D eigenvalue weighted by Gasteiger charge is -2.53. The molecule has 0 radical (unpaired) electrons. The zero-order valence-corrected chi connectivity index (χ0v) is 14.8. The minimum absolute atomic E-state index is 0.0487. The Balaban J connectivity index is 1.36. The van der Waals surface area contributed by atoms with Crippen LogP contribution in [0.1, 0.15) is 52.5 Å². The van der Waals surface area contributed by atoms with Crippen molar-refractivity contribution in [2.24, 2.45) is 5.41 Å². The van der Waals surface area contributed by atoms with E-state index in [0.717, 1.165) is 31.4 Å². The quantitative estimate of drug-likeness (QED) is 0.913. The van der Waals surface area contributed by atoms with Crippen molar-refractivity contribution < 1.29 is 14.0 Å². The van der Waals surface area contributed by atoms with Crippen LogP contribution in [-0.4, -0.2) is 45.8 Å². The number of hydrogen-bond acceptors (Lipinski definition) is 5. The van der Waals surface area contributed by atoms with Crippen LogP contribution in [0.3, 0.4) is 0 Å². The minimum Gasteiger partial charge on any atom is -0.456 e. The molecule has 1 N–H and O–H groups in total. The number of piperidine rings is 1. The molecule has 0 aromatic carbocycles.